The van der Waals surface area contributed by atoms with Crippen LogP contribution in [0.4, 0.5) is 0 Å². The minimum absolute atomic E-state index is 0.125. The largest absolute Gasteiger partial charge is 0.384 e. The third-order valence-electron chi connectivity index (χ3n) is 4.61. The highest BCUT2D eigenvalue weighted by molar-refractivity contribution is 5.67. The molecule has 2 aromatic rings. The molecular formula is C20H26NO3+. The third-order valence-corrected chi connectivity index (χ3v) is 4.61. The molecule has 0 aliphatic carbocycles. The maximum absolute atomic E-state index is 10.9. The monoisotopic (exact) mass is 328 g/mol. The van der Waals surface area contributed by atoms with Crippen molar-refractivity contribution >= 4 is 0 Å². The molecule has 0 amide bonds. The fourth-order valence-electron chi connectivity index (χ4n) is 3.51. The molecule has 0 saturated carbocycles. The smallest absolute Gasteiger partial charge is 0.138 e. The van der Waals surface area contributed by atoms with E-state index in [9.17, 15) is 10.3 Å². The van der Waals surface area contributed by atoms with Crippen LogP contribution >= 0.6 is 0 Å². The Balaban J connectivity index is 1.80. The second-order valence-electron chi connectivity index (χ2n) is 7.01. The van der Waals surface area contributed by atoms with Crippen molar-refractivity contribution in [2.75, 3.05) is 32.8 Å². The molecular weight excluding hydrogens is 302 g/mol. The predicted molar refractivity (Wildman–Crippen MR) is 93.7 cm³/mol. The predicted octanol–water partition coefficient (Wildman–Crippen LogP) is 2.88. The van der Waals surface area contributed by atoms with Crippen LogP contribution in [0.25, 0.3) is 11.1 Å². The maximum Gasteiger partial charge on any atom is 0.138 e. The summed E-state index contributed by atoms with van der Waals surface area (Å²) in [6.45, 7) is 4.23. The lowest BCUT2D eigenvalue weighted by molar-refractivity contribution is -1.11. The molecule has 1 saturated heterocycles. The van der Waals surface area contributed by atoms with Crippen LogP contribution in [0.1, 0.15) is 12.5 Å². The van der Waals surface area contributed by atoms with E-state index in [1.807, 2.05) is 30.3 Å². The first kappa shape index (κ1) is 17.1. The molecule has 1 aliphatic rings. The van der Waals surface area contributed by atoms with Crippen molar-refractivity contribution in [2.45, 2.75) is 18.9 Å². The highest BCUT2D eigenvalue weighted by atomic mass is 16.6. The molecule has 2 aromatic carbocycles. The van der Waals surface area contributed by atoms with Gasteiger partial charge in [-0.2, -0.15) is 4.65 Å². The summed E-state index contributed by atoms with van der Waals surface area (Å²) in [5.74, 6) is 0. The molecule has 4 heteroatoms. The van der Waals surface area contributed by atoms with Crippen LogP contribution in [0.2, 0.25) is 0 Å². The number of rotatable bonds is 5. The summed E-state index contributed by atoms with van der Waals surface area (Å²) >= 11 is 0. The second kappa shape index (κ2) is 7.03. The molecule has 1 fully saturated rings. The molecule has 1 aliphatic heterocycles. The molecule has 0 aromatic heterocycles. The topological polar surface area (TPSA) is 49.7 Å². The Bertz CT molecular complexity index is 664. The van der Waals surface area contributed by atoms with Crippen molar-refractivity contribution in [3.8, 4) is 11.1 Å². The molecule has 128 valence electrons. The molecule has 0 spiro atoms. The van der Waals surface area contributed by atoms with Gasteiger partial charge in [0.1, 0.15) is 25.2 Å². The first-order chi connectivity index (χ1) is 11.5. The van der Waals surface area contributed by atoms with Crippen molar-refractivity contribution in [1.29, 1.82) is 0 Å². The van der Waals surface area contributed by atoms with Crippen molar-refractivity contribution in [3.63, 3.8) is 0 Å². The van der Waals surface area contributed by atoms with E-state index in [0.717, 1.165) is 16.7 Å². The minimum Gasteiger partial charge on any atom is -0.384 e. The van der Waals surface area contributed by atoms with Gasteiger partial charge in [0, 0.05) is 6.42 Å². The molecule has 0 radical (unpaired) electrons. The van der Waals surface area contributed by atoms with Gasteiger partial charge >= 0.3 is 0 Å². The van der Waals surface area contributed by atoms with Gasteiger partial charge in [0.25, 0.3) is 0 Å². The van der Waals surface area contributed by atoms with Gasteiger partial charge < -0.3 is 9.84 Å². The van der Waals surface area contributed by atoms with Gasteiger partial charge in [-0.15, -0.1) is 0 Å². The minimum atomic E-state index is -0.989. The fraction of sp³-hybridized carbons (Fsp3) is 0.400. The normalized spacial score (nSPS) is 19.6. The van der Waals surface area contributed by atoms with Gasteiger partial charge in [-0.25, -0.2) is 5.21 Å². The Kier molecular flexibility index (Phi) is 5.01. The quantitative estimate of drug-likeness (QED) is 0.830. The molecule has 2 N–H and O–H groups in total. The highest BCUT2D eigenvalue weighted by Crippen LogP contribution is 2.28. The summed E-state index contributed by atoms with van der Waals surface area (Å²) in [7, 11) is 0. The Labute approximate surface area is 143 Å². The Morgan fingerprint density at radius 3 is 2.33 bits per heavy atom. The first-order valence-corrected chi connectivity index (χ1v) is 8.50. The van der Waals surface area contributed by atoms with E-state index in [0.29, 0.717) is 39.3 Å². The average molecular weight is 328 g/mol. The summed E-state index contributed by atoms with van der Waals surface area (Å²) in [4.78, 5) is 0. The Hall–Kier alpha value is -1.72. The average Bonchev–Trinajstić information content (AvgIpc) is 2.55. The number of morpholine rings is 1. The number of aliphatic hydroxyl groups is 1. The summed E-state index contributed by atoms with van der Waals surface area (Å²) in [5, 5.41) is 21.6. The SMILES string of the molecule is CC(O)(Cc1ccccc1-c1ccccc1)C[N+]1(O)CCOCC1. The van der Waals surface area contributed by atoms with Gasteiger partial charge in [-0.1, -0.05) is 54.6 Å². The van der Waals surface area contributed by atoms with Crippen LogP contribution in [0, 0.1) is 0 Å². The lowest BCUT2D eigenvalue weighted by Gasteiger charge is -2.38. The summed E-state index contributed by atoms with van der Waals surface area (Å²) < 4.78 is 5.19. The number of hydrogen-bond acceptors (Lipinski definition) is 3. The Morgan fingerprint density at radius 2 is 1.62 bits per heavy atom. The van der Waals surface area contributed by atoms with E-state index in [1.165, 1.54) is 0 Å². The van der Waals surface area contributed by atoms with E-state index in [1.54, 1.807) is 6.92 Å². The van der Waals surface area contributed by atoms with Crippen LogP contribution in [-0.4, -0.2) is 53.4 Å². The van der Waals surface area contributed by atoms with Crippen molar-refractivity contribution < 1.29 is 19.7 Å². The zero-order valence-electron chi connectivity index (χ0n) is 14.2. The van der Waals surface area contributed by atoms with E-state index in [2.05, 4.69) is 24.3 Å². The van der Waals surface area contributed by atoms with Crippen LogP contribution in [-0.2, 0) is 11.2 Å². The number of hydrogen-bond donors (Lipinski definition) is 2. The van der Waals surface area contributed by atoms with E-state index < -0.39 is 5.60 Å². The van der Waals surface area contributed by atoms with Crippen LogP contribution in [0.5, 0.6) is 0 Å². The summed E-state index contributed by atoms with van der Waals surface area (Å²) in [6.07, 6.45) is 0.499. The van der Waals surface area contributed by atoms with Gasteiger partial charge in [-0.05, 0) is 23.6 Å². The molecule has 1 atom stereocenters. The van der Waals surface area contributed by atoms with Crippen molar-refractivity contribution in [3.05, 3.63) is 60.2 Å². The van der Waals surface area contributed by atoms with E-state index >= 15 is 0 Å². The number of hydroxylamine groups is 3. The van der Waals surface area contributed by atoms with Crippen LogP contribution in [0.3, 0.4) is 0 Å². The molecule has 0 bridgehead atoms. The second-order valence-corrected chi connectivity index (χ2v) is 7.01. The van der Waals surface area contributed by atoms with Crippen molar-refractivity contribution in [1.82, 2.24) is 0 Å². The van der Waals surface area contributed by atoms with E-state index in [-0.39, 0.29) is 4.65 Å². The van der Waals surface area contributed by atoms with Gasteiger partial charge in [0.15, 0.2) is 0 Å². The molecule has 3 rings (SSSR count). The van der Waals surface area contributed by atoms with Gasteiger partial charge in [-0.3, -0.25) is 0 Å². The first-order valence-electron chi connectivity index (χ1n) is 8.50. The zero-order chi connectivity index (χ0) is 17.0. The standard InChI is InChI=1S/C20H26NO3/c1-20(22,16-21(23)11-13-24-14-12-21)15-18-9-5-6-10-19(18)17-7-3-2-4-8-17/h2-10,22-23H,11-16H2,1H3/q+1. The van der Waals surface area contributed by atoms with Crippen LogP contribution in [0.15, 0.2) is 54.6 Å². The molecule has 4 nitrogen and oxygen atoms in total. The van der Waals surface area contributed by atoms with Gasteiger partial charge in [0.2, 0.25) is 0 Å². The van der Waals surface area contributed by atoms with Crippen molar-refractivity contribution in [2.24, 2.45) is 0 Å². The van der Waals surface area contributed by atoms with Gasteiger partial charge in [0.05, 0.1) is 13.2 Å². The lowest BCUT2D eigenvalue weighted by atomic mass is 9.90. The number of benzene rings is 2. The highest BCUT2D eigenvalue weighted by Gasteiger charge is 2.38. The fourth-order valence-corrected chi connectivity index (χ4v) is 3.51. The lowest BCUT2D eigenvalue weighted by Crippen LogP contribution is -2.59. The van der Waals surface area contributed by atoms with Crippen LogP contribution < -0.4 is 0 Å². The number of nitrogens with zero attached hydrogens (tertiary/aromatic N) is 1. The molecule has 1 heterocycles. The van der Waals surface area contributed by atoms with E-state index in [4.69, 9.17) is 4.74 Å². The summed E-state index contributed by atoms with van der Waals surface area (Å²) in [6, 6.07) is 18.3. The zero-order valence-corrected chi connectivity index (χ0v) is 14.2. The maximum atomic E-state index is 10.9. The number of ether oxygens (including phenoxy) is 1. The number of quaternary nitrogens is 1. The summed E-state index contributed by atoms with van der Waals surface area (Å²) in [5.41, 5.74) is 2.37. The molecule has 24 heavy (non-hydrogen) atoms. The third kappa shape index (κ3) is 4.22. The molecule has 1 unspecified atom stereocenters. The Morgan fingerprint density at radius 1 is 1.00 bits per heavy atom.